The van der Waals surface area contributed by atoms with Crippen LogP contribution in [0, 0.1) is 0 Å². The van der Waals surface area contributed by atoms with Gasteiger partial charge in [-0.25, -0.2) is 13.1 Å². The Hall–Kier alpha value is -0.660. The molecule has 1 atom stereocenters. The van der Waals surface area contributed by atoms with Crippen LogP contribution in [0.2, 0.25) is 0 Å². The summed E-state index contributed by atoms with van der Waals surface area (Å²) in [6.45, 7) is 4.75. The number of carbonyl (C=O) groups is 1. The number of nitrogens with one attached hydrogen (secondary N) is 2. The molecule has 1 heterocycles. The number of nitrogens with zero attached hydrogens (tertiary/aromatic N) is 1. The molecule has 1 rings (SSSR count). The zero-order valence-electron chi connectivity index (χ0n) is 11.1. The molecule has 1 unspecified atom stereocenters. The van der Waals surface area contributed by atoms with Crippen molar-refractivity contribution in [2.75, 3.05) is 32.4 Å². The molecule has 1 fully saturated rings. The van der Waals surface area contributed by atoms with Gasteiger partial charge in [0.25, 0.3) is 0 Å². The van der Waals surface area contributed by atoms with Crippen molar-refractivity contribution in [3.63, 3.8) is 0 Å². The third-order valence-corrected chi connectivity index (χ3v) is 3.66. The second-order valence-electron chi connectivity index (χ2n) is 4.86. The van der Waals surface area contributed by atoms with Crippen molar-refractivity contribution >= 4 is 15.9 Å². The monoisotopic (exact) mass is 277 g/mol. The smallest absolute Gasteiger partial charge is 0.217 e. The number of carbonyl (C=O) groups excluding carboxylic acids is 1. The van der Waals surface area contributed by atoms with Gasteiger partial charge in [0.1, 0.15) is 0 Å². The highest BCUT2D eigenvalue weighted by Crippen LogP contribution is 2.10. The predicted octanol–water partition coefficient (Wildman–Crippen LogP) is -0.474. The summed E-state index contributed by atoms with van der Waals surface area (Å²) in [7, 11) is -3.08. The SMILES string of the molecule is CC(=O)NC1CCCN(CCCNS(C)(=O)=O)C1. The van der Waals surface area contributed by atoms with Crippen molar-refractivity contribution in [3.8, 4) is 0 Å². The summed E-state index contributed by atoms with van der Waals surface area (Å²) in [6.07, 6.45) is 4.06. The van der Waals surface area contributed by atoms with Gasteiger partial charge >= 0.3 is 0 Å². The van der Waals surface area contributed by atoms with Crippen LogP contribution in [0.25, 0.3) is 0 Å². The molecule has 0 aromatic carbocycles. The third kappa shape index (κ3) is 6.93. The van der Waals surface area contributed by atoms with E-state index < -0.39 is 10.0 Å². The minimum absolute atomic E-state index is 0.0144. The second kappa shape index (κ2) is 7.06. The number of hydrogen-bond acceptors (Lipinski definition) is 4. The molecule has 18 heavy (non-hydrogen) atoms. The summed E-state index contributed by atoms with van der Waals surface area (Å²) >= 11 is 0. The predicted molar refractivity (Wildman–Crippen MR) is 70.7 cm³/mol. The van der Waals surface area contributed by atoms with Crippen LogP contribution < -0.4 is 10.0 Å². The van der Waals surface area contributed by atoms with Gasteiger partial charge in [-0.3, -0.25) is 4.79 Å². The molecule has 1 aliphatic heterocycles. The minimum Gasteiger partial charge on any atom is -0.352 e. The zero-order valence-corrected chi connectivity index (χ0v) is 11.9. The van der Waals surface area contributed by atoms with Gasteiger partial charge in [0.2, 0.25) is 15.9 Å². The summed E-state index contributed by atoms with van der Waals surface area (Å²) in [5.41, 5.74) is 0. The average Bonchev–Trinajstić information content (AvgIpc) is 2.23. The molecule has 0 saturated carbocycles. The average molecular weight is 277 g/mol. The van der Waals surface area contributed by atoms with Crippen LogP contribution in [-0.4, -0.2) is 57.7 Å². The maximum Gasteiger partial charge on any atom is 0.217 e. The maximum absolute atomic E-state index is 11.0. The van der Waals surface area contributed by atoms with Crippen molar-refractivity contribution in [3.05, 3.63) is 0 Å². The first kappa shape index (κ1) is 15.4. The summed E-state index contributed by atoms with van der Waals surface area (Å²) in [5.74, 6) is 0.0144. The third-order valence-electron chi connectivity index (χ3n) is 2.93. The number of sulfonamides is 1. The Bertz CT molecular complexity index is 370. The maximum atomic E-state index is 11.0. The van der Waals surface area contributed by atoms with E-state index >= 15 is 0 Å². The van der Waals surface area contributed by atoms with E-state index in [0.717, 1.165) is 38.9 Å². The van der Waals surface area contributed by atoms with Crippen molar-refractivity contribution in [1.82, 2.24) is 14.9 Å². The Balaban J connectivity index is 2.20. The van der Waals surface area contributed by atoms with Crippen LogP contribution in [0.15, 0.2) is 0 Å². The van der Waals surface area contributed by atoms with Gasteiger partial charge in [-0.05, 0) is 32.4 Å². The Labute approximate surface area is 109 Å². The van der Waals surface area contributed by atoms with Crippen molar-refractivity contribution in [2.45, 2.75) is 32.2 Å². The van der Waals surface area contributed by atoms with Crippen LogP contribution in [0.4, 0.5) is 0 Å². The number of hydrogen-bond donors (Lipinski definition) is 2. The normalized spacial score (nSPS) is 21.8. The number of rotatable bonds is 6. The standard InChI is InChI=1S/C11H23N3O3S/c1-10(15)13-11-5-3-7-14(9-11)8-4-6-12-18(2,16)17/h11-12H,3-9H2,1-2H3,(H,13,15). The molecule has 1 saturated heterocycles. The van der Waals surface area contributed by atoms with Crippen LogP contribution in [-0.2, 0) is 14.8 Å². The van der Waals surface area contributed by atoms with Crippen molar-refractivity contribution < 1.29 is 13.2 Å². The van der Waals surface area contributed by atoms with Crippen molar-refractivity contribution in [1.29, 1.82) is 0 Å². The van der Waals surface area contributed by atoms with E-state index in [1.165, 1.54) is 13.2 Å². The molecule has 0 aromatic heterocycles. The zero-order chi connectivity index (χ0) is 13.6. The second-order valence-corrected chi connectivity index (χ2v) is 6.69. The first-order chi connectivity index (χ1) is 8.37. The number of piperidine rings is 1. The molecule has 1 aliphatic rings. The summed E-state index contributed by atoms with van der Waals surface area (Å²) in [6, 6.07) is 0.235. The molecule has 0 spiro atoms. The van der Waals surface area contributed by atoms with Crippen LogP contribution in [0.3, 0.4) is 0 Å². The Morgan fingerprint density at radius 1 is 1.44 bits per heavy atom. The van der Waals surface area contributed by atoms with Gasteiger partial charge in [-0.1, -0.05) is 0 Å². The van der Waals surface area contributed by atoms with E-state index in [0.29, 0.717) is 6.54 Å². The highest BCUT2D eigenvalue weighted by molar-refractivity contribution is 7.88. The first-order valence-electron chi connectivity index (χ1n) is 6.31. The molecular weight excluding hydrogens is 254 g/mol. The molecule has 0 bridgehead atoms. The Morgan fingerprint density at radius 3 is 2.78 bits per heavy atom. The van der Waals surface area contributed by atoms with E-state index in [1.54, 1.807) is 0 Å². The van der Waals surface area contributed by atoms with Crippen molar-refractivity contribution in [2.24, 2.45) is 0 Å². The highest BCUT2D eigenvalue weighted by atomic mass is 32.2. The lowest BCUT2D eigenvalue weighted by atomic mass is 10.1. The fourth-order valence-corrected chi connectivity index (χ4v) is 2.74. The van der Waals surface area contributed by atoms with Gasteiger partial charge in [0.05, 0.1) is 6.26 Å². The Kier molecular flexibility index (Phi) is 6.04. The lowest BCUT2D eigenvalue weighted by molar-refractivity contribution is -0.120. The molecule has 2 N–H and O–H groups in total. The molecule has 106 valence electrons. The fraction of sp³-hybridized carbons (Fsp3) is 0.909. The van der Waals surface area contributed by atoms with Crippen LogP contribution in [0.5, 0.6) is 0 Å². The molecule has 7 heteroatoms. The quantitative estimate of drug-likeness (QED) is 0.643. The van der Waals surface area contributed by atoms with Crippen LogP contribution in [0.1, 0.15) is 26.2 Å². The van der Waals surface area contributed by atoms with E-state index in [4.69, 9.17) is 0 Å². The first-order valence-corrected chi connectivity index (χ1v) is 8.20. The van der Waals surface area contributed by atoms with Gasteiger partial charge in [0.15, 0.2) is 0 Å². The van der Waals surface area contributed by atoms with Gasteiger partial charge in [-0.15, -0.1) is 0 Å². The molecule has 6 nitrogen and oxygen atoms in total. The Morgan fingerprint density at radius 2 is 2.17 bits per heavy atom. The highest BCUT2D eigenvalue weighted by Gasteiger charge is 2.19. The number of likely N-dealkylation sites (tertiary alicyclic amines) is 1. The molecule has 0 aliphatic carbocycles. The largest absolute Gasteiger partial charge is 0.352 e. The van der Waals surface area contributed by atoms with E-state index in [1.807, 2.05) is 0 Å². The summed E-state index contributed by atoms with van der Waals surface area (Å²) < 4.78 is 24.2. The van der Waals surface area contributed by atoms with Gasteiger partial charge in [-0.2, -0.15) is 0 Å². The molecule has 1 amide bonds. The summed E-state index contributed by atoms with van der Waals surface area (Å²) in [4.78, 5) is 13.3. The summed E-state index contributed by atoms with van der Waals surface area (Å²) in [5, 5.41) is 2.93. The number of amides is 1. The lowest BCUT2D eigenvalue weighted by Gasteiger charge is -2.32. The van der Waals surface area contributed by atoms with Gasteiger partial charge in [0, 0.05) is 26.1 Å². The molecular formula is C11H23N3O3S. The molecule has 0 radical (unpaired) electrons. The van der Waals surface area contributed by atoms with E-state index in [9.17, 15) is 13.2 Å². The fourth-order valence-electron chi connectivity index (χ4n) is 2.22. The topological polar surface area (TPSA) is 78.5 Å². The minimum atomic E-state index is -3.08. The van der Waals surface area contributed by atoms with Gasteiger partial charge < -0.3 is 10.2 Å². The lowest BCUT2D eigenvalue weighted by Crippen LogP contribution is -2.47. The van der Waals surface area contributed by atoms with Crippen LogP contribution >= 0.6 is 0 Å². The molecule has 0 aromatic rings. The van der Waals surface area contributed by atoms with E-state index in [-0.39, 0.29) is 11.9 Å². The van der Waals surface area contributed by atoms with E-state index in [2.05, 4.69) is 14.9 Å².